The lowest BCUT2D eigenvalue weighted by Crippen LogP contribution is -2.01. The van der Waals surface area contributed by atoms with Gasteiger partial charge in [-0.3, -0.25) is 0 Å². The van der Waals surface area contributed by atoms with Crippen LogP contribution in [0.2, 0.25) is 0 Å². The Morgan fingerprint density at radius 2 is 0.800 bits per heavy atom. The summed E-state index contributed by atoms with van der Waals surface area (Å²) in [4.78, 5) is 15.7. The molecule has 12 aromatic carbocycles. The first-order valence-electron chi connectivity index (χ1n) is 23.8. The number of para-hydroxylation sites is 2. The summed E-state index contributed by atoms with van der Waals surface area (Å²) in [5.41, 5.74) is 9.75. The van der Waals surface area contributed by atoms with E-state index in [1.54, 1.807) is 0 Å². The normalized spacial score (nSPS) is 12.0. The lowest BCUT2D eigenvalue weighted by molar-refractivity contribution is 1.08. The Morgan fingerprint density at radius 3 is 1.63 bits per heavy atom. The van der Waals surface area contributed by atoms with Crippen LogP contribution in [-0.2, 0) is 0 Å². The Kier molecular flexibility index (Phi) is 8.29. The van der Waals surface area contributed by atoms with E-state index < -0.39 is 0 Å². The summed E-state index contributed by atoms with van der Waals surface area (Å²) in [6.07, 6.45) is 0. The first kappa shape index (κ1) is 38.6. The maximum Gasteiger partial charge on any atom is 0.164 e. The molecule has 0 aliphatic heterocycles. The van der Waals surface area contributed by atoms with Gasteiger partial charge in [0.05, 0.1) is 22.1 Å². The van der Waals surface area contributed by atoms with E-state index in [9.17, 15) is 0 Å². The molecule has 0 unspecified atom stereocenters. The Balaban J connectivity index is 0.902. The van der Waals surface area contributed by atoms with E-state index in [0.29, 0.717) is 17.5 Å². The summed E-state index contributed by atoms with van der Waals surface area (Å²) >= 11 is 0. The maximum absolute atomic E-state index is 5.30. The quantitative estimate of drug-likeness (QED) is 0.162. The number of fused-ring (bicyclic) bond motifs is 13. The minimum atomic E-state index is 0.630. The van der Waals surface area contributed by atoms with Crippen molar-refractivity contribution in [1.29, 1.82) is 0 Å². The summed E-state index contributed by atoms with van der Waals surface area (Å²) in [7, 11) is 0. The van der Waals surface area contributed by atoms with Crippen molar-refractivity contribution in [2.75, 3.05) is 0 Å². The molecule has 5 heteroatoms. The van der Waals surface area contributed by atoms with Crippen LogP contribution < -0.4 is 0 Å². The molecule has 15 rings (SSSR count). The van der Waals surface area contributed by atoms with E-state index >= 15 is 0 Å². The van der Waals surface area contributed by atoms with Crippen LogP contribution in [0.25, 0.3) is 143 Å². The smallest absolute Gasteiger partial charge is 0.164 e. The average Bonchev–Trinajstić information content (AvgIpc) is 3.94. The Hall–Kier alpha value is -9.45. The Morgan fingerprint density at radius 1 is 0.243 bits per heavy atom. The van der Waals surface area contributed by atoms with Crippen molar-refractivity contribution < 1.29 is 0 Å². The fourth-order valence-electron chi connectivity index (χ4n) is 11.2. The fraction of sp³-hybridized carbons (Fsp3) is 0. The van der Waals surface area contributed by atoms with Gasteiger partial charge in [-0.2, -0.15) is 0 Å². The van der Waals surface area contributed by atoms with E-state index in [-0.39, 0.29) is 0 Å². The van der Waals surface area contributed by atoms with Crippen LogP contribution in [0.4, 0.5) is 0 Å². The highest BCUT2D eigenvalue weighted by Crippen LogP contribution is 2.41. The third kappa shape index (κ3) is 5.88. The Labute approximate surface area is 401 Å². The summed E-state index contributed by atoms with van der Waals surface area (Å²) in [6, 6.07) is 85.4. The molecule has 0 bridgehead atoms. The molecule has 0 saturated carbocycles. The predicted octanol–water partition coefficient (Wildman–Crippen LogP) is 16.8. The molecule has 324 valence electrons. The van der Waals surface area contributed by atoms with Crippen LogP contribution >= 0.6 is 0 Å². The van der Waals surface area contributed by atoms with Crippen molar-refractivity contribution in [1.82, 2.24) is 24.1 Å². The average molecular weight is 890 g/mol. The van der Waals surface area contributed by atoms with Gasteiger partial charge < -0.3 is 9.13 Å². The highest BCUT2D eigenvalue weighted by molar-refractivity contribution is 6.21. The van der Waals surface area contributed by atoms with Crippen LogP contribution in [0.5, 0.6) is 0 Å². The lowest BCUT2D eigenvalue weighted by atomic mass is 9.99. The molecule has 0 spiro atoms. The topological polar surface area (TPSA) is 48.5 Å². The molecule has 0 fully saturated rings. The van der Waals surface area contributed by atoms with Crippen molar-refractivity contribution in [3.63, 3.8) is 0 Å². The molecule has 3 aromatic heterocycles. The molecule has 0 radical (unpaired) electrons. The Bertz CT molecular complexity index is 4660. The number of hydrogen-bond donors (Lipinski definition) is 0. The standard InChI is InChI=1S/C65H39N5/c1-2-15-44(16-3-1)63-66-64(46-28-27-43-26-25-40-13-4-6-18-50(40)55(43)36-46)68-65(67-63)53-22-12-17-42-29-32-49(39-56(42)53)70-58-23-10-8-20-52(58)57-37-47-35-48(33-30-45(47)38-61(57)70)69-59-24-11-9-21-54(59)62-51-19-7-5-14-41(51)31-34-60(62)69/h1-39H. The number of aromatic nitrogens is 5. The molecule has 0 atom stereocenters. The van der Waals surface area contributed by atoms with Gasteiger partial charge in [-0.15, -0.1) is 0 Å². The van der Waals surface area contributed by atoms with Crippen LogP contribution in [0.3, 0.4) is 0 Å². The second kappa shape index (κ2) is 15.0. The number of benzene rings is 12. The van der Waals surface area contributed by atoms with Crippen LogP contribution in [0, 0.1) is 0 Å². The molecular formula is C65H39N5. The fourth-order valence-corrected chi connectivity index (χ4v) is 11.2. The minimum absolute atomic E-state index is 0.630. The first-order chi connectivity index (χ1) is 34.7. The zero-order valence-corrected chi connectivity index (χ0v) is 37.8. The summed E-state index contributed by atoms with van der Waals surface area (Å²) in [5.74, 6) is 1.90. The third-order valence-corrected chi connectivity index (χ3v) is 14.5. The van der Waals surface area contributed by atoms with Gasteiger partial charge in [-0.1, -0.05) is 176 Å². The second-order valence-electron chi connectivity index (χ2n) is 18.4. The highest BCUT2D eigenvalue weighted by Gasteiger charge is 2.20. The molecule has 3 heterocycles. The molecule has 0 N–H and O–H groups in total. The molecular weight excluding hydrogens is 851 g/mol. The summed E-state index contributed by atoms with van der Waals surface area (Å²) in [6.45, 7) is 0. The van der Waals surface area contributed by atoms with Crippen molar-refractivity contribution in [2.45, 2.75) is 0 Å². The highest BCUT2D eigenvalue weighted by atomic mass is 15.0. The molecule has 0 aliphatic rings. The zero-order valence-electron chi connectivity index (χ0n) is 37.8. The van der Waals surface area contributed by atoms with Gasteiger partial charge in [-0.05, 0) is 115 Å². The maximum atomic E-state index is 5.30. The van der Waals surface area contributed by atoms with Gasteiger partial charge in [0.2, 0.25) is 0 Å². The zero-order chi connectivity index (χ0) is 45.9. The van der Waals surface area contributed by atoms with Gasteiger partial charge >= 0.3 is 0 Å². The number of hydrogen-bond acceptors (Lipinski definition) is 3. The monoisotopic (exact) mass is 889 g/mol. The molecule has 5 nitrogen and oxygen atoms in total. The van der Waals surface area contributed by atoms with E-state index in [0.717, 1.165) is 49.9 Å². The SMILES string of the molecule is c1ccc(-c2nc(-c3ccc4ccc5ccccc5c4c3)nc(-c3cccc4ccc(-n5c6ccccc6c6cc7cc(-n8c9ccccc9c9c%10ccccc%10ccc98)ccc7cc65)cc34)n2)cc1. The lowest BCUT2D eigenvalue weighted by Gasteiger charge is -2.14. The van der Waals surface area contributed by atoms with Crippen molar-refractivity contribution >= 4 is 97.5 Å². The van der Waals surface area contributed by atoms with E-state index in [4.69, 9.17) is 15.0 Å². The van der Waals surface area contributed by atoms with Crippen LogP contribution in [-0.4, -0.2) is 24.1 Å². The van der Waals surface area contributed by atoms with Gasteiger partial charge in [-0.25, -0.2) is 15.0 Å². The molecule has 70 heavy (non-hydrogen) atoms. The third-order valence-electron chi connectivity index (χ3n) is 14.5. The van der Waals surface area contributed by atoms with Gasteiger partial charge in [0.1, 0.15) is 0 Å². The van der Waals surface area contributed by atoms with Gasteiger partial charge in [0.15, 0.2) is 17.5 Å². The molecule has 0 amide bonds. The molecule has 0 saturated heterocycles. The summed E-state index contributed by atoms with van der Waals surface area (Å²) in [5, 5.41) is 16.8. The second-order valence-corrected chi connectivity index (χ2v) is 18.4. The van der Waals surface area contributed by atoms with Crippen LogP contribution in [0.15, 0.2) is 237 Å². The van der Waals surface area contributed by atoms with E-state index in [1.165, 1.54) is 75.7 Å². The van der Waals surface area contributed by atoms with E-state index in [1.807, 2.05) is 18.2 Å². The van der Waals surface area contributed by atoms with Crippen LogP contribution in [0.1, 0.15) is 0 Å². The summed E-state index contributed by atoms with van der Waals surface area (Å²) < 4.78 is 4.85. The molecule has 15 aromatic rings. The van der Waals surface area contributed by atoms with Gasteiger partial charge in [0.25, 0.3) is 0 Å². The van der Waals surface area contributed by atoms with Crippen molar-refractivity contribution in [3.05, 3.63) is 237 Å². The number of rotatable bonds is 5. The van der Waals surface area contributed by atoms with Crippen molar-refractivity contribution in [2.24, 2.45) is 0 Å². The largest absolute Gasteiger partial charge is 0.309 e. The van der Waals surface area contributed by atoms with Gasteiger partial charge in [0, 0.05) is 49.6 Å². The van der Waals surface area contributed by atoms with Crippen molar-refractivity contribution in [3.8, 4) is 45.5 Å². The predicted molar refractivity (Wildman–Crippen MR) is 292 cm³/mol. The van der Waals surface area contributed by atoms with E-state index in [2.05, 4.69) is 228 Å². The minimum Gasteiger partial charge on any atom is -0.309 e. The molecule has 0 aliphatic carbocycles. The number of nitrogens with zero attached hydrogens (tertiary/aromatic N) is 5. The first-order valence-corrected chi connectivity index (χ1v) is 23.8.